The van der Waals surface area contributed by atoms with E-state index in [0.717, 1.165) is 28.1 Å². The van der Waals surface area contributed by atoms with Crippen LogP contribution in [0.4, 0.5) is 0 Å². The number of nitriles is 1. The lowest BCUT2D eigenvalue weighted by molar-refractivity contribution is -0.237. The Kier molecular flexibility index (Phi) is 4.12. The Morgan fingerprint density at radius 2 is 2.00 bits per heavy atom. The summed E-state index contributed by atoms with van der Waals surface area (Å²) in [6.07, 6.45) is -0.121. The molecule has 0 amide bonds. The van der Waals surface area contributed by atoms with Crippen molar-refractivity contribution in [1.82, 2.24) is 4.57 Å². The van der Waals surface area contributed by atoms with Crippen molar-refractivity contribution in [3.63, 3.8) is 0 Å². The van der Waals surface area contributed by atoms with Crippen LogP contribution >= 0.6 is 11.3 Å². The Labute approximate surface area is 188 Å². The Bertz CT molecular complexity index is 1450. The highest BCUT2D eigenvalue weighted by atomic mass is 32.1. The van der Waals surface area contributed by atoms with Gasteiger partial charge in [-0.1, -0.05) is 24.3 Å². The molecule has 2 aromatic heterocycles. The second kappa shape index (κ2) is 6.92. The van der Waals surface area contributed by atoms with Gasteiger partial charge in [0.15, 0.2) is 0 Å². The third-order valence-electron chi connectivity index (χ3n) is 6.19. The molecule has 5 nitrogen and oxygen atoms in total. The number of hydrogen-bond acceptors (Lipinski definition) is 5. The minimum Gasteiger partial charge on any atom is -0.457 e. The molecule has 2 bridgehead atoms. The molecule has 6 heteroatoms. The van der Waals surface area contributed by atoms with E-state index in [1.807, 2.05) is 72.3 Å². The first-order valence-electron chi connectivity index (χ1n) is 10.3. The van der Waals surface area contributed by atoms with Gasteiger partial charge in [0.1, 0.15) is 11.9 Å². The van der Waals surface area contributed by atoms with Crippen LogP contribution in [0.25, 0.3) is 5.69 Å². The standard InChI is InChI=1S/C26H18N2O3S/c1-16-11-22-23(25(29)28(16)20-5-3-2-4-6-20)24-21-8-7-17(14-27)12-18(21)13-26(30-22,31-24)19-9-10-32-15-19/h2-12,15,24H,13H2,1H3/t24?,26-/m0/s1. The third-order valence-corrected chi connectivity index (χ3v) is 6.87. The molecule has 0 aliphatic carbocycles. The maximum Gasteiger partial charge on any atom is 0.265 e. The van der Waals surface area contributed by atoms with Crippen molar-refractivity contribution in [1.29, 1.82) is 5.26 Å². The van der Waals surface area contributed by atoms with Crippen LogP contribution in [0, 0.1) is 18.3 Å². The van der Waals surface area contributed by atoms with E-state index in [1.54, 1.807) is 22.0 Å². The molecule has 4 heterocycles. The predicted octanol–water partition coefficient (Wildman–Crippen LogP) is 4.99. The number of aromatic nitrogens is 1. The summed E-state index contributed by atoms with van der Waals surface area (Å²) in [5, 5.41) is 13.4. The summed E-state index contributed by atoms with van der Waals surface area (Å²) < 4.78 is 14.8. The molecule has 32 heavy (non-hydrogen) atoms. The molecule has 2 aliphatic heterocycles. The van der Waals surface area contributed by atoms with Crippen LogP contribution < -0.4 is 10.3 Å². The summed E-state index contributed by atoms with van der Waals surface area (Å²) in [7, 11) is 0. The van der Waals surface area contributed by atoms with Crippen molar-refractivity contribution >= 4 is 11.3 Å². The van der Waals surface area contributed by atoms with Crippen molar-refractivity contribution in [3.05, 3.63) is 115 Å². The first kappa shape index (κ1) is 19.1. The quantitative estimate of drug-likeness (QED) is 0.442. The van der Waals surface area contributed by atoms with Crippen LogP contribution in [-0.2, 0) is 16.9 Å². The Hall–Kier alpha value is -3.66. The summed E-state index contributed by atoms with van der Waals surface area (Å²) in [4.78, 5) is 13.8. The zero-order valence-electron chi connectivity index (χ0n) is 17.2. The number of ether oxygens (including phenoxy) is 2. The number of rotatable bonds is 2. The lowest BCUT2D eigenvalue weighted by Crippen LogP contribution is -2.48. The summed E-state index contributed by atoms with van der Waals surface area (Å²) >= 11 is 1.57. The zero-order valence-corrected chi connectivity index (χ0v) is 18.1. The van der Waals surface area contributed by atoms with Gasteiger partial charge in [0, 0.05) is 34.8 Å². The monoisotopic (exact) mass is 438 g/mol. The van der Waals surface area contributed by atoms with E-state index in [1.165, 1.54) is 0 Å². The van der Waals surface area contributed by atoms with Crippen LogP contribution in [0.15, 0.2) is 76.2 Å². The molecular weight excluding hydrogens is 420 g/mol. The molecular formula is C26H18N2O3S. The fourth-order valence-electron chi connectivity index (χ4n) is 4.73. The van der Waals surface area contributed by atoms with Crippen molar-refractivity contribution in [2.24, 2.45) is 0 Å². The highest BCUT2D eigenvalue weighted by Crippen LogP contribution is 2.51. The van der Waals surface area contributed by atoms with Gasteiger partial charge in [-0.05, 0) is 53.8 Å². The van der Waals surface area contributed by atoms with E-state index in [2.05, 4.69) is 6.07 Å². The van der Waals surface area contributed by atoms with E-state index >= 15 is 0 Å². The molecule has 2 aromatic carbocycles. The van der Waals surface area contributed by atoms with E-state index in [4.69, 9.17) is 9.47 Å². The average Bonchev–Trinajstić information content (AvgIpc) is 3.35. The van der Waals surface area contributed by atoms with Crippen molar-refractivity contribution in [2.75, 3.05) is 0 Å². The molecule has 1 unspecified atom stereocenters. The Morgan fingerprint density at radius 3 is 2.75 bits per heavy atom. The number of nitrogens with zero attached hydrogens (tertiary/aromatic N) is 2. The second-order valence-electron chi connectivity index (χ2n) is 8.11. The van der Waals surface area contributed by atoms with Crippen LogP contribution in [-0.4, -0.2) is 4.57 Å². The van der Waals surface area contributed by atoms with Gasteiger partial charge in [0.25, 0.3) is 5.56 Å². The SMILES string of the molecule is Cc1cc2c(c(=O)n1-c1ccccc1)C1O[C@](c3ccsc3)(Cc3cc(C#N)ccc31)O2. The summed E-state index contributed by atoms with van der Waals surface area (Å²) in [5.74, 6) is -0.478. The number of hydrogen-bond donors (Lipinski definition) is 0. The molecule has 2 aliphatic rings. The van der Waals surface area contributed by atoms with Gasteiger partial charge in [-0.2, -0.15) is 16.6 Å². The number of benzene rings is 2. The summed E-state index contributed by atoms with van der Waals surface area (Å²) in [6.45, 7) is 1.91. The number of aryl methyl sites for hydroxylation is 1. The molecule has 0 saturated carbocycles. The van der Waals surface area contributed by atoms with Gasteiger partial charge < -0.3 is 9.47 Å². The van der Waals surface area contributed by atoms with Gasteiger partial charge in [-0.15, -0.1) is 0 Å². The minimum atomic E-state index is -1.03. The molecule has 0 N–H and O–H groups in total. The van der Waals surface area contributed by atoms with Crippen molar-refractivity contribution in [2.45, 2.75) is 25.2 Å². The first-order valence-corrected chi connectivity index (χ1v) is 11.3. The minimum absolute atomic E-state index is 0.160. The normalized spacial score (nSPS) is 20.6. The lowest BCUT2D eigenvalue weighted by atomic mass is 9.84. The zero-order chi connectivity index (χ0) is 21.9. The second-order valence-corrected chi connectivity index (χ2v) is 8.89. The fourth-order valence-corrected chi connectivity index (χ4v) is 5.44. The summed E-state index contributed by atoms with van der Waals surface area (Å²) in [5.41, 5.74) is 5.27. The molecule has 0 spiro atoms. The maximum atomic E-state index is 13.8. The van der Waals surface area contributed by atoms with Crippen molar-refractivity contribution in [3.8, 4) is 17.5 Å². The smallest absolute Gasteiger partial charge is 0.265 e. The molecule has 156 valence electrons. The van der Waals surface area contributed by atoms with Gasteiger partial charge in [0.2, 0.25) is 5.79 Å². The molecule has 0 fully saturated rings. The Morgan fingerprint density at radius 1 is 1.16 bits per heavy atom. The lowest BCUT2D eigenvalue weighted by Gasteiger charge is -2.46. The van der Waals surface area contributed by atoms with E-state index in [9.17, 15) is 10.1 Å². The van der Waals surface area contributed by atoms with Crippen LogP contribution in [0.3, 0.4) is 0 Å². The van der Waals surface area contributed by atoms with Gasteiger partial charge in [-0.3, -0.25) is 9.36 Å². The van der Waals surface area contributed by atoms with Crippen LogP contribution in [0.5, 0.6) is 5.75 Å². The molecule has 2 atom stereocenters. The van der Waals surface area contributed by atoms with E-state index in [0.29, 0.717) is 23.3 Å². The predicted molar refractivity (Wildman–Crippen MR) is 121 cm³/mol. The number of para-hydroxylation sites is 1. The number of thiophene rings is 1. The van der Waals surface area contributed by atoms with Crippen molar-refractivity contribution < 1.29 is 9.47 Å². The summed E-state index contributed by atoms with van der Waals surface area (Å²) in [6, 6.07) is 21.3. The highest BCUT2D eigenvalue weighted by Gasteiger charge is 2.50. The van der Waals surface area contributed by atoms with E-state index in [-0.39, 0.29) is 5.56 Å². The van der Waals surface area contributed by atoms with E-state index < -0.39 is 11.9 Å². The average molecular weight is 439 g/mol. The molecule has 0 saturated heterocycles. The molecule has 6 rings (SSSR count). The Balaban J connectivity index is 1.63. The van der Waals surface area contributed by atoms with Crippen LogP contribution in [0.1, 0.15) is 39.6 Å². The van der Waals surface area contributed by atoms with Crippen LogP contribution in [0.2, 0.25) is 0 Å². The van der Waals surface area contributed by atoms with Gasteiger partial charge in [0.05, 0.1) is 17.2 Å². The van der Waals surface area contributed by atoms with Gasteiger partial charge >= 0.3 is 0 Å². The fraction of sp³-hybridized carbons (Fsp3) is 0.154. The highest BCUT2D eigenvalue weighted by molar-refractivity contribution is 7.08. The maximum absolute atomic E-state index is 13.8. The number of pyridine rings is 1. The first-order chi connectivity index (χ1) is 15.6. The third kappa shape index (κ3) is 2.69. The molecule has 4 aromatic rings. The van der Waals surface area contributed by atoms with Gasteiger partial charge in [-0.25, -0.2) is 0 Å². The topological polar surface area (TPSA) is 64.2 Å². The molecule has 0 radical (unpaired) electrons. The largest absolute Gasteiger partial charge is 0.457 e. The number of fused-ring (bicyclic) bond motifs is 6.